The molecule has 1 aromatic carbocycles. The van der Waals surface area contributed by atoms with Crippen LogP contribution in [-0.2, 0) is 0 Å². The Labute approximate surface area is 201 Å². The number of aromatic nitrogens is 1. The van der Waals surface area contributed by atoms with Gasteiger partial charge in [-0.3, -0.25) is 14.4 Å². The van der Waals surface area contributed by atoms with Gasteiger partial charge in [0.05, 0.1) is 0 Å². The third kappa shape index (κ3) is 4.68. The molecule has 34 heavy (non-hydrogen) atoms. The van der Waals surface area contributed by atoms with Crippen LogP contribution in [0.4, 0.5) is 0 Å². The fourth-order valence-corrected chi connectivity index (χ4v) is 5.91. The van der Waals surface area contributed by atoms with Crippen molar-refractivity contribution in [2.75, 3.05) is 26.2 Å². The zero-order valence-electron chi connectivity index (χ0n) is 20.0. The van der Waals surface area contributed by atoms with Crippen LogP contribution < -0.4 is 5.43 Å². The largest absolute Gasteiger partial charge is 0.349 e. The fraction of sp³-hybridized carbons (Fsp3) is 0.536. The standard InChI is InChI=1S/C28H35N3O3/c32-26-24(27(33)29-15-7-8-16-29)19-31(23-13-5-2-6-14-23)20-25(26)28(34)30-17-9-12-22(18-30)21-10-3-1-4-11-21/h1,3-4,10-11,19-20,22-23H,2,5-9,12-18H2/t22-/m0/s1. The van der Waals surface area contributed by atoms with Gasteiger partial charge in [-0.15, -0.1) is 0 Å². The molecule has 6 heteroatoms. The molecule has 0 bridgehead atoms. The molecule has 2 aromatic rings. The molecule has 1 aliphatic carbocycles. The number of nitrogens with zero attached hydrogens (tertiary/aromatic N) is 3. The maximum atomic E-state index is 13.7. The number of rotatable bonds is 4. The molecular formula is C28H35N3O3. The summed E-state index contributed by atoms with van der Waals surface area (Å²) in [6, 6.07) is 10.5. The molecule has 1 saturated carbocycles. The summed E-state index contributed by atoms with van der Waals surface area (Å²) in [7, 11) is 0. The number of amides is 2. The van der Waals surface area contributed by atoms with Crippen molar-refractivity contribution in [1.82, 2.24) is 14.4 Å². The van der Waals surface area contributed by atoms with E-state index < -0.39 is 5.43 Å². The molecule has 2 aliphatic heterocycles. The highest BCUT2D eigenvalue weighted by atomic mass is 16.2. The van der Waals surface area contributed by atoms with E-state index in [2.05, 4.69) is 12.1 Å². The quantitative estimate of drug-likeness (QED) is 0.668. The summed E-state index contributed by atoms with van der Waals surface area (Å²) in [5.74, 6) is -0.178. The molecule has 3 aliphatic rings. The van der Waals surface area contributed by atoms with Crippen molar-refractivity contribution in [3.8, 4) is 0 Å². The summed E-state index contributed by atoms with van der Waals surface area (Å²) in [6.07, 6.45) is 12.9. The van der Waals surface area contributed by atoms with Crippen molar-refractivity contribution >= 4 is 11.8 Å². The summed E-state index contributed by atoms with van der Waals surface area (Å²) in [6.45, 7) is 2.63. The molecule has 0 N–H and O–H groups in total. The molecule has 180 valence electrons. The average Bonchev–Trinajstić information content (AvgIpc) is 3.44. The number of pyridine rings is 1. The summed E-state index contributed by atoms with van der Waals surface area (Å²) >= 11 is 0. The lowest BCUT2D eigenvalue weighted by Crippen LogP contribution is -2.42. The highest BCUT2D eigenvalue weighted by Crippen LogP contribution is 2.30. The van der Waals surface area contributed by atoms with E-state index in [1.807, 2.05) is 27.7 Å². The number of likely N-dealkylation sites (tertiary alicyclic amines) is 2. The predicted octanol–water partition coefficient (Wildman–Crippen LogP) is 4.61. The predicted molar refractivity (Wildman–Crippen MR) is 132 cm³/mol. The molecule has 1 aromatic heterocycles. The molecule has 3 fully saturated rings. The molecule has 2 amide bonds. The second-order valence-electron chi connectivity index (χ2n) is 10.2. The molecule has 0 unspecified atom stereocenters. The van der Waals surface area contributed by atoms with Crippen LogP contribution in [0.2, 0.25) is 0 Å². The summed E-state index contributed by atoms with van der Waals surface area (Å²) < 4.78 is 2.01. The van der Waals surface area contributed by atoms with Gasteiger partial charge in [0.2, 0.25) is 5.43 Å². The minimum absolute atomic E-state index is 0.157. The van der Waals surface area contributed by atoms with Gasteiger partial charge in [0, 0.05) is 50.5 Å². The van der Waals surface area contributed by atoms with Crippen molar-refractivity contribution in [2.24, 2.45) is 0 Å². The minimum Gasteiger partial charge on any atom is -0.349 e. The van der Waals surface area contributed by atoms with Crippen molar-refractivity contribution in [2.45, 2.75) is 69.7 Å². The van der Waals surface area contributed by atoms with E-state index >= 15 is 0 Å². The van der Waals surface area contributed by atoms with Crippen molar-refractivity contribution < 1.29 is 9.59 Å². The maximum Gasteiger partial charge on any atom is 0.259 e. The Kier molecular flexibility index (Phi) is 6.84. The lowest BCUT2D eigenvalue weighted by atomic mass is 9.90. The second kappa shape index (κ2) is 10.2. The van der Waals surface area contributed by atoms with E-state index in [4.69, 9.17) is 0 Å². The number of benzene rings is 1. The number of hydrogen-bond acceptors (Lipinski definition) is 3. The Morgan fingerprint density at radius 1 is 0.706 bits per heavy atom. The second-order valence-corrected chi connectivity index (χ2v) is 10.2. The Morgan fingerprint density at radius 3 is 2.00 bits per heavy atom. The lowest BCUT2D eigenvalue weighted by molar-refractivity contribution is 0.0704. The van der Waals surface area contributed by atoms with Gasteiger partial charge in [-0.1, -0.05) is 49.6 Å². The van der Waals surface area contributed by atoms with E-state index in [1.54, 1.807) is 17.3 Å². The van der Waals surface area contributed by atoms with E-state index in [0.29, 0.717) is 26.2 Å². The molecule has 2 saturated heterocycles. The van der Waals surface area contributed by atoms with Gasteiger partial charge in [-0.25, -0.2) is 0 Å². The fourth-order valence-electron chi connectivity index (χ4n) is 5.91. The van der Waals surface area contributed by atoms with Crippen LogP contribution in [0.3, 0.4) is 0 Å². The van der Waals surface area contributed by atoms with Crippen molar-refractivity contribution in [1.29, 1.82) is 0 Å². The van der Waals surface area contributed by atoms with Gasteiger partial charge in [0.15, 0.2) is 0 Å². The molecule has 0 radical (unpaired) electrons. The van der Waals surface area contributed by atoms with E-state index in [1.165, 1.54) is 12.0 Å². The molecule has 6 nitrogen and oxygen atoms in total. The molecule has 5 rings (SSSR count). The first kappa shape index (κ1) is 22.9. The van der Waals surface area contributed by atoms with Gasteiger partial charge in [0.1, 0.15) is 11.1 Å². The van der Waals surface area contributed by atoms with Gasteiger partial charge < -0.3 is 14.4 Å². The summed E-state index contributed by atoms with van der Waals surface area (Å²) in [5, 5.41) is 0. The number of piperidine rings is 1. The third-order valence-electron chi connectivity index (χ3n) is 7.88. The first-order valence-electron chi connectivity index (χ1n) is 13.0. The normalized spacial score (nSPS) is 21.6. The SMILES string of the molecule is O=C(c1cn(C2CCCCC2)cc(C(=O)N2CCC[C@H](c3ccccc3)C2)c1=O)N1CCCC1. The van der Waals surface area contributed by atoms with Crippen LogP contribution in [-0.4, -0.2) is 52.4 Å². The van der Waals surface area contributed by atoms with Crippen LogP contribution in [0.5, 0.6) is 0 Å². The van der Waals surface area contributed by atoms with Crippen LogP contribution in [0, 0.1) is 0 Å². The topological polar surface area (TPSA) is 62.6 Å². The van der Waals surface area contributed by atoms with Crippen LogP contribution in [0.25, 0.3) is 0 Å². The Bertz CT molecular complexity index is 1080. The van der Waals surface area contributed by atoms with Gasteiger partial charge >= 0.3 is 0 Å². The highest BCUT2D eigenvalue weighted by molar-refractivity contribution is 5.99. The minimum atomic E-state index is -0.407. The van der Waals surface area contributed by atoms with Gasteiger partial charge in [-0.2, -0.15) is 0 Å². The highest BCUT2D eigenvalue weighted by Gasteiger charge is 2.31. The number of carbonyl (C=O) groups is 2. The maximum absolute atomic E-state index is 13.7. The smallest absolute Gasteiger partial charge is 0.259 e. The van der Waals surface area contributed by atoms with Crippen LogP contribution in [0.1, 0.15) is 96.0 Å². The summed E-state index contributed by atoms with van der Waals surface area (Å²) in [4.78, 5) is 44.1. The van der Waals surface area contributed by atoms with Crippen LogP contribution in [0.15, 0.2) is 47.5 Å². The van der Waals surface area contributed by atoms with Crippen molar-refractivity contribution in [3.63, 3.8) is 0 Å². The van der Waals surface area contributed by atoms with Crippen LogP contribution >= 0.6 is 0 Å². The monoisotopic (exact) mass is 461 g/mol. The first-order chi connectivity index (χ1) is 16.6. The summed E-state index contributed by atoms with van der Waals surface area (Å²) in [5.41, 5.74) is 1.15. The van der Waals surface area contributed by atoms with Crippen molar-refractivity contribution in [3.05, 3.63) is 69.6 Å². The molecular weight excluding hydrogens is 426 g/mol. The zero-order valence-corrected chi connectivity index (χ0v) is 20.0. The number of hydrogen-bond donors (Lipinski definition) is 0. The van der Waals surface area contributed by atoms with E-state index in [9.17, 15) is 14.4 Å². The molecule has 3 heterocycles. The van der Waals surface area contributed by atoms with E-state index in [0.717, 1.165) is 51.4 Å². The number of carbonyl (C=O) groups excluding carboxylic acids is 2. The Morgan fingerprint density at radius 2 is 1.32 bits per heavy atom. The third-order valence-corrected chi connectivity index (χ3v) is 7.88. The molecule has 0 spiro atoms. The lowest BCUT2D eigenvalue weighted by Gasteiger charge is -2.33. The first-order valence-corrected chi connectivity index (χ1v) is 13.0. The molecule has 1 atom stereocenters. The Balaban J connectivity index is 1.47. The van der Waals surface area contributed by atoms with Gasteiger partial charge in [0.25, 0.3) is 11.8 Å². The Hall–Kier alpha value is -2.89. The van der Waals surface area contributed by atoms with Gasteiger partial charge in [-0.05, 0) is 44.1 Å². The average molecular weight is 462 g/mol. The zero-order chi connectivity index (χ0) is 23.5. The van der Waals surface area contributed by atoms with E-state index in [-0.39, 0.29) is 34.9 Å².